The number of fused-ring (bicyclic) bond motifs is 2. The molecule has 5 aliphatic heterocycles. The molecule has 3 aromatic carbocycles. The number of carboxylic acid groups (broad SMARTS) is 1. The van der Waals surface area contributed by atoms with Crippen LogP contribution in [0.25, 0.3) is 0 Å². The largest absolute Gasteiger partial charge is 0.504 e. The smallest absolute Gasteiger partial charge is 0.344 e. The topological polar surface area (TPSA) is 334 Å². The summed E-state index contributed by atoms with van der Waals surface area (Å²) in [4.78, 5) is 32.5. The number of ether oxygens (including phenoxy) is 6. The number of guanidine groups is 1. The number of nitrogens with zero attached hydrogens (tertiary/aromatic N) is 1. The molecule has 9 rings (SSSR count). The lowest BCUT2D eigenvalue weighted by Gasteiger charge is -2.55. The number of aromatic carboxylic acids is 1. The second-order valence-corrected chi connectivity index (χ2v) is 22.0. The molecule has 3 aromatic rings. The summed E-state index contributed by atoms with van der Waals surface area (Å²) in [6, 6.07) is 8.44. The lowest BCUT2D eigenvalue weighted by Crippen LogP contribution is -2.76. The van der Waals surface area contributed by atoms with Crippen molar-refractivity contribution in [1.29, 1.82) is 0 Å². The van der Waals surface area contributed by atoms with E-state index in [1.165, 1.54) is 6.07 Å². The van der Waals surface area contributed by atoms with Gasteiger partial charge in [-0.05, 0) is 81.3 Å². The highest BCUT2D eigenvalue weighted by molar-refractivity contribution is 5.98. The van der Waals surface area contributed by atoms with Gasteiger partial charge in [0.05, 0.1) is 30.6 Å². The van der Waals surface area contributed by atoms with Crippen molar-refractivity contribution in [3.63, 3.8) is 0 Å². The van der Waals surface area contributed by atoms with Gasteiger partial charge in [-0.1, -0.05) is 69.7 Å². The van der Waals surface area contributed by atoms with Crippen LogP contribution in [0.3, 0.4) is 0 Å². The number of benzene rings is 3. The summed E-state index contributed by atoms with van der Waals surface area (Å²) in [5.74, 6) is -1.47. The number of unbranched alkanes of at least 4 members (excludes halogenated alkanes) is 1. The summed E-state index contributed by atoms with van der Waals surface area (Å²) in [6.45, 7) is 7.44. The van der Waals surface area contributed by atoms with Gasteiger partial charge in [0.15, 0.2) is 41.3 Å². The van der Waals surface area contributed by atoms with E-state index in [9.17, 15) is 55.5 Å². The molecule has 2 fully saturated rings. The molecule has 6 aliphatic rings. The fraction of sp³-hybridized carbons (Fsp3) is 0.596. The predicted molar refractivity (Wildman–Crippen MR) is 282 cm³/mol. The Morgan fingerprint density at radius 2 is 1.79 bits per heavy atom. The lowest BCUT2D eigenvalue weighted by molar-refractivity contribution is -0.382. The van der Waals surface area contributed by atoms with E-state index in [4.69, 9.17) is 34.2 Å². The molecular weight excluding hydrogens is 1010 g/mol. The van der Waals surface area contributed by atoms with Crippen LogP contribution >= 0.6 is 0 Å². The molecule has 0 radical (unpaired) electrons. The summed E-state index contributed by atoms with van der Waals surface area (Å²) in [7, 11) is 0. The third kappa shape index (κ3) is 10.1. The van der Waals surface area contributed by atoms with Crippen LogP contribution in [-0.4, -0.2) is 145 Å². The number of rotatable bonds is 15. The lowest BCUT2D eigenvalue weighted by atomic mass is 9.61. The Labute approximate surface area is 452 Å². The number of aromatic hydroxyl groups is 2. The Bertz CT molecular complexity index is 2830. The van der Waals surface area contributed by atoms with E-state index in [1.54, 1.807) is 0 Å². The van der Waals surface area contributed by atoms with Crippen LogP contribution < -0.4 is 35.3 Å². The number of carbonyl (C=O) groups excluding carboxylic acids is 1. The normalized spacial score (nSPS) is 29.3. The molecule has 1 saturated carbocycles. The first-order chi connectivity index (χ1) is 37.3. The van der Waals surface area contributed by atoms with Gasteiger partial charge >= 0.3 is 11.9 Å². The second kappa shape index (κ2) is 22.8. The average Bonchev–Trinajstić information content (AvgIpc) is 3.97. The number of anilines is 1. The van der Waals surface area contributed by atoms with Gasteiger partial charge in [0, 0.05) is 66.5 Å². The van der Waals surface area contributed by atoms with E-state index < -0.39 is 126 Å². The SMILES string of the molecule is CCc1cccc(CCOc2c(O)c3c4c(c2O)C(=O)OC(O)C2(CC4CCCO3)OC3Oc4c(OCN=C(N)NCCCCO)cc(C(=O)O)c5c4C4(CCCC4)C(C#CCC(O)(C3O)C2O)C(C(O)C(C)C)C(C)N5)c1. The molecule has 2 spiro atoms. The van der Waals surface area contributed by atoms with Gasteiger partial charge in [0.1, 0.15) is 23.4 Å². The van der Waals surface area contributed by atoms with Crippen LogP contribution in [0.5, 0.6) is 34.5 Å². The van der Waals surface area contributed by atoms with E-state index in [-0.39, 0.29) is 84.2 Å². The van der Waals surface area contributed by atoms with Gasteiger partial charge in [-0.15, -0.1) is 0 Å². The minimum Gasteiger partial charge on any atom is -0.504 e. The standard InChI is InChI=1S/C57H74N4O17/c1-5-31-13-10-14-32(25-31)17-24-74-47-43(64)39-38-33(15-12-23-73-46(38)44(47)65)27-57(53(71)77-50(39)69)52(70)56(72)20-11-16-35-37(42(63)29(2)3)30(4)61-41-34(49(67)68)26-36(75-28-60-54(58)59-21-8-9-22-62)45(76-51(78-57)48(56)66)40(41)55(35)18-6-7-19-55/h10,13-14,25-26,29-30,33,35,37,42,48,51-53,61-66,70-72H,5-9,12,15,17-24,27-28H2,1-4H3,(H,67,68)(H3,58,59,60). The van der Waals surface area contributed by atoms with Crippen molar-refractivity contribution in [2.45, 2.75) is 164 Å². The monoisotopic (exact) mass is 1090 g/mol. The molecule has 21 heteroatoms. The third-order valence-corrected chi connectivity index (χ3v) is 16.9. The fourth-order valence-corrected chi connectivity index (χ4v) is 12.9. The van der Waals surface area contributed by atoms with Gasteiger partial charge in [-0.25, -0.2) is 14.6 Å². The van der Waals surface area contributed by atoms with Gasteiger partial charge in [-0.2, -0.15) is 0 Å². The van der Waals surface area contributed by atoms with Crippen molar-refractivity contribution >= 4 is 23.6 Å². The van der Waals surface area contributed by atoms with Crippen LogP contribution in [0.2, 0.25) is 0 Å². The molecule has 0 amide bonds. The first-order valence-electron chi connectivity index (χ1n) is 27.2. The number of carboxylic acids is 1. The zero-order valence-electron chi connectivity index (χ0n) is 44.5. The summed E-state index contributed by atoms with van der Waals surface area (Å²) in [5, 5.41) is 114. The number of aliphatic hydroxyl groups excluding tert-OH is 5. The summed E-state index contributed by atoms with van der Waals surface area (Å²) in [6.07, 6.45) is -6.47. The number of nitrogens with two attached hydrogens (primary N) is 1. The summed E-state index contributed by atoms with van der Waals surface area (Å²) < 4.78 is 37.8. The molecule has 1 aliphatic carbocycles. The Hall–Kier alpha value is -6.25. The Balaban J connectivity index is 1.19. The quantitative estimate of drug-likeness (QED) is 0.0336. The van der Waals surface area contributed by atoms with Crippen LogP contribution in [0.4, 0.5) is 5.69 Å². The number of phenolic OH excluding ortho intramolecular Hbond substituents is 2. The van der Waals surface area contributed by atoms with Crippen molar-refractivity contribution < 1.29 is 84.0 Å². The molecule has 424 valence electrons. The number of phenols is 2. The molecule has 0 aromatic heterocycles. The Morgan fingerprint density at radius 3 is 2.51 bits per heavy atom. The number of aliphatic hydroxyl groups is 6. The van der Waals surface area contributed by atoms with E-state index in [1.807, 2.05) is 52.0 Å². The maximum absolute atomic E-state index is 14.6. The number of aliphatic imine (C=N–C) groups is 1. The van der Waals surface area contributed by atoms with E-state index in [0.29, 0.717) is 51.5 Å². The molecular formula is C57H74N4O17. The number of hydrogen-bond acceptors (Lipinski definition) is 18. The van der Waals surface area contributed by atoms with Crippen molar-refractivity contribution in [3.8, 4) is 46.3 Å². The maximum Gasteiger partial charge on any atom is 0.344 e. The van der Waals surface area contributed by atoms with Gasteiger partial charge < -0.3 is 90.7 Å². The Morgan fingerprint density at radius 1 is 1.04 bits per heavy atom. The van der Waals surface area contributed by atoms with Gasteiger partial charge in [0.25, 0.3) is 0 Å². The number of hydrogen-bond donors (Lipinski definition) is 12. The minimum atomic E-state index is -2.77. The molecule has 13 N–H and O–H groups in total. The third-order valence-electron chi connectivity index (χ3n) is 16.9. The van der Waals surface area contributed by atoms with Crippen molar-refractivity contribution in [3.05, 3.63) is 63.7 Å². The van der Waals surface area contributed by atoms with Gasteiger partial charge in [-0.3, -0.25) is 0 Å². The van der Waals surface area contributed by atoms with Crippen LogP contribution in [0, 0.1) is 29.6 Å². The molecule has 1 saturated heterocycles. The van der Waals surface area contributed by atoms with Crippen LogP contribution in [-0.2, 0) is 27.7 Å². The zero-order chi connectivity index (χ0) is 55.8. The zero-order valence-corrected chi connectivity index (χ0v) is 44.5. The van der Waals surface area contributed by atoms with Crippen molar-refractivity contribution in [2.24, 2.45) is 28.5 Å². The number of aryl methyl sites for hydroxylation is 1. The highest BCUT2D eigenvalue weighted by Crippen LogP contribution is 2.62. The van der Waals surface area contributed by atoms with E-state index in [0.717, 1.165) is 17.5 Å². The number of carbonyl (C=O) groups is 2. The number of esters is 1. The molecule has 11 atom stereocenters. The first-order valence-corrected chi connectivity index (χ1v) is 27.2. The second-order valence-electron chi connectivity index (χ2n) is 22.0. The van der Waals surface area contributed by atoms with Crippen LogP contribution in [0.15, 0.2) is 35.3 Å². The van der Waals surface area contributed by atoms with Gasteiger partial charge in [0.2, 0.25) is 24.1 Å². The fourth-order valence-electron chi connectivity index (χ4n) is 12.9. The van der Waals surface area contributed by atoms with E-state index in [2.05, 4.69) is 27.5 Å². The maximum atomic E-state index is 14.6. The summed E-state index contributed by atoms with van der Waals surface area (Å²) in [5.41, 5.74) is 1.43. The molecule has 5 heterocycles. The number of nitrogens with one attached hydrogen (secondary N) is 2. The highest BCUT2D eigenvalue weighted by atomic mass is 16.7. The molecule has 4 bridgehead atoms. The average molecular weight is 1090 g/mol. The first kappa shape index (κ1) is 56.5. The predicted octanol–water partition coefficient (Wildman–Crippen LogP) is 4.04. The number of cyclic esters (lactones) is 1. The Kier molecular flexibility index (Phi) is 16.5. The van der Waals surface area contributed by atoms with Crippen molar-refractivity contribution in [2.75, 3.05) is 38.4 Å². The van der Waals surface area contributed by atoms with Crippen molar-refractivity contribution in [1.82, 2.24) is 5.32 Å². The van der Waals surface area contributed by atoms with Crippen LogP contribution in [0.1, 0.15) is 141 Å². The molecule has 11 unspecified atom stereocenters. The van der Waals surface area contributed by atoms with E-state index >= 15 is 0 Å². The minimum absolute atomic E-state index is 0.0131. The molecule has 21 nitrogen and oxygen atoms in total. The molecule has 78 heavy (non-hydrogen) atoms. The highest BCUT2D eigenvalue weighted by Gasteiger charge is 2.68. The summed E-state index contributed by atoms with van der Waals surface area (Å²) >= 11 is 0.